The highest BCUT2D eigenvalue weighted by atomic mass is 16.5. The fraction of sp³-hybridized carbons (Fsp3) is 0.375. The van der Waals surface area contributed by atoms with E-state index in [4.69, 9.17) is 4.74 Å². The lowest BCUT2D eigenvalue weighted by Gasteiger charge is -2.28. The summed E-state index contributed by atoms with van der Waals surface area (Å²) in [6.45, 7) is 11.3. The second kappa shape index (κ2) is 7.59. The maximum absolute atomic E-state index is 12.5. The van der Waals surface area contributed by atoms with Crippen molar-refractivity contribution in [1.82, 2.24) is 9.88 Å². The summed E-state index contributed by atoms with van der Waals surface area (Å²) in [4.78, 5) is 20.8. The van der Waals surface area contributed by atoms with Crippen molar-refractivity contribution in [3.63, 3.8) is 0 Å². The largest absolute Gasteiger partial charge is 0.378 e. The Morgan fingerprint density at radius 3 is 2.57 bits per heavy atom. The molecule has 0 aromatic carbocycles. The van der Waals surface area contributed by atoms with Gasteiger partial charge in [-0.1, -0.05) is 18.2 Å². The first-order valence-corrected chi connectivity index (χ1v) is 7.07. The molecule has 0 unspecified atom stereocenters. The SMILES string of the molecule is C=CCN(CC=C)C(=O)c1cccc(N2CCOCC2)n1. The molecular formula is C16H21N3O2. The third-order valence-electron chi connectivity index (χ3n) is 3.27. The molecule has 0 bridgehead atoms. The van der Waals surface area contributed by atoms with Crippen molar-refractivity contribution in [2.45, 2.75) is 0 Å². The summed E-state index contributed by atoms with van der Waals surface area (Å²) in [6.07, 6.45) is 3.40. The van der Waals surface area contributed by atoms with Crippen LogP contribution in [0.4, 0.5) is 5.82 Å². The van der Waals surface area contributed by atoms with Gasteiger partial charge in [-0.05, 0) is 12.1 Å². The molecule has 5 nitrogen and oxygen atoms in total. The molecule has 0 N–H and O–H groups in total. The van der Waals surface area contributed by atoms with Crippen LogP contribution >= 0.6 is 0 Å². The minimum Gasteiger partial charge on any atom is -0.378 e. The van der Waals surface area contributed by atoms with E-state index in [0.717, 1.165) is 18.9 Å². The molecule has 0 aliphatic carbocycles. The number of hydrogen-bond acceptors (Lipinski definition) is 4. The van der Waals surface area contributed by atoms with Gasteiger partial charge in [-0.15, -0.1) is 13.2 Å². The number of aromatic nitrogens is 1. The summed E-state index contributed by atoms with van der Waals surface area (Å²) in [5, 5.41) is 0. The standard InChI is InChI=1S/C16H21N3O2/c1-3-8-19(9-4-2)16(20)14-6-5-7-15(17-14)18-10-12-21-13-11-18/h3-7H,1-2,8-13H2. The van der Waals surface area contributed by atoms with Gasteiger partial charge in [0.2, 0.25) is 0 Å². The quantitative estimate of drug-likeness (QED) is 0.748. The van der Waals surface area contributed by atoms with Gasteiger partial charge < -0.3 is 14.5 Å². The summed E-state index contributed by atoms with van der Waals surface area (Å²) < 4.78 is 5.33. The molecule has 2 rings (SSSR count). The molecule has 1 aromatic heterocycles. The monoisotopic (exact) mass is 287 g/mol. The van der Waals surface area contributed by atoms with Crippen LogP contribution in [0.1, 0.15) is 10.5 Å². The van der Waals surface area contributed by atoms with Crippen LogP contribution in [0, 0.1) is 0 Å². The Kier molecular flexibility index (Phi) is 5.51. The lowest BCUT2D eigenvalue weighted by molar-refractivity contribution is 0.0785. The summed E-state index contributed by atoms with van der Waals surface area (Å²) in [5.74, 6) is 0.714. The second-order valence-corrected chi connectivity index (χ2v) is 4.77. The lowest BCUT2D eigenvalue weighted by atomic mass is 10.3. The Bertz CT molecular complexity index is 500. The van der Waals surface area contributed by atoms with E-state index in [9.17, 15) is 4.79 Å². The maximum Gasteiger partial charge on any atom is 0.273 e. The molecule has 112 valence electrons. The molecule has 5 heteroatoms. The van der Waals surface area contributed by atoms with E-state index in [2.05, 4.69) is 23.0 Å². The summed E-state index contributed by atoms with van der Waals surface area (Å²) >= 11 is 0. The number of nitrogens with zero attached hydrogens (tertiary/aromatic N) is 3. The van der Waals surface area contributed by atoms with Crippen LogP contribution in [-0.4, -0.2) is 55.2 Å². The zero-order chi connectivity index (χ0) is 15.1. The van der Waals surface area contributed by atoms with Crippen LogP contribution in [0.2, 0.25) is 0 Å². The van der Waals surface area contributed by atoms with Gasteiger partial charge in [-0.25, -0.2) is 4.98 Å². The third kappa shape index (κ3) is 3.92. The molecule has 2 heterocycles. The van der Waals surface area contributed by atoms with Gasteiger partial charge in [0.15, 0.2) is 0 Å². The number of hydrogen-bond donors (Lipinski definition) is 0. The summed E-state index contributed by atoms with van der Waals surface area (Å²) in [5.41, 5.74) is 0.447. The van der Waals surface area contributed by atoms with Crippen molar-refractivity contribution < 1.29 is 9.53 Å². The molecule has 21 heavy (non-hydrogen) atoms. The molecule has 0 radical (unpaired) electrons. The van der Waals surface area contributed by atoms with E-state index in [1.807, 2.05) is 12.1 Å². The van der Waals surface area contributed by atoms with Crippen molar-refractivity contribution >= 4 is 11.7 Å². The van der Waals surface area contributed by atoms with Gasteiger partial charge in [0.25, 0.3) is 5.91 Å². The fourth-order valence-electron chi connectivity index (χ4n) is 2.22. The molecule has 1 saturated heterocycles. The molecule has 1 aliphatic rings. The van der Waals surface area contributed by atoms with E-state index in [1.165, 1.54) is 0 Å². The number of anilines is 1. The molecule has 0 spiro atoms. The minimum absolute atomic E-state index is 0.107. The molecular weight excluding hydrogens is 266 g/mol. The zero-order valence-electron chi connectivity index (χ0n) is 12.2. The van der Waals surface area contributed by atoms with Crippen molar-refractivity contribution in [1.29, 1.82) is 0 Å². The Morgan fingerprint density at radius 2 is 1.95 bits per heavy atom. The number of carbonyl (C=O) groups is 1. The highest BCUT2D eigenvalue weighted by molar-refractivity contribution is 5.92. The molecule has 1 aromatic rings. The highest BCUT2D eigenvalue weighted by Gasteiger charge is 2.17. The number of pyridine rings is 1. The van der Waals surface area contributed by atoms with Crippen LogP contribution in [0.15, 0.2) is 43.5 Å². The molecule has 1 fully saturated rings. The smallest absolute Gasteiger partial charge is 0.273 e. The van der Waals surface area contributed by atoms with Crippen molar-refractivity contribution in [2.75, 3.05) is 44.3 Å². The Balaban J connectivity index is 2.16. The molecule has 1 amide bonds. The summed E-state index contributed by atoms with van der Waals surface area (Å²) in [6, 6.07) is 5.53. The molecule has 0 saturated carbocycles. The zero-order valence-corrected chi connectivity index (χ0v) is 12.2. The van der Waals surface area contributed by atoms with E-state index in [-0.39, 0.29) is 5.91 Å². The molecule has 0 atom stereocenters. The van der Waals surface area contributed by atoms with Crippen LogP contribution in [-0.2, 0) is 4.74 Å². The van der Waals surface area contributed by atoms with Gasteiger partial charge in [0, 0.05) is 26.2 Å². The normalized spacial score (nSPS) is 14.6. The van der Waals surface area contributed by atoms with Gasteiger partial charge in [-0.3, -0.25) is 4.79 Å². The minimum atomic E-state index is -0.107. The Morgan fingerprint density at radius 1 is 1.29 bits per heavy atom. The van der Waals surface area contributed by atoms with Gasteiger partial charge in [0.05, 0.1) is 13.2 Å². The van der Waals surface area contributed by atoms with Crippen molar-refractivity contribution in [2.24, 2.45) is 0 Å². The second-order valence-electron chi connectivity index (χ2n) is 4.77. The number of morpholine rings is 1. The highest BCUT2D eigenvalue weighted by Crippen LogP contribution is 2.14. The van der Waals surface area contributed by atoms with Crippen LogP contribution in [0.3, 0.4) is 0 Å². The number of ether oxygens (including phenoxy) is 1. The van der Waals surface area contributed by atoms with Gasteiger partial charge in [0.1, 0.15) is 11.5 Å². The molecule has 1 aliphatic heterocycles. The average molecular weight is 287 g/mol. The van der Waals surface area contributed by atoms with E-state index in [0.29, 0.717) is 32.0 Å². The Labute approximate surface area is 125 Å². The average Bonchev–Trinajstić information content (AvgIpc) is 2.55. The van der Waals surface area contributed by atoms with Gasteiger partial charge in [-0.2, -0.15) is 0 Å². The predicted octanol–water partition coefficient (Wildman–Crippen LogP) is 1.73. The van der Waals surface area contributed by atoms with Crippen molar-refractivity contribution in [3.05, 3.63) is 49.2 Å². The number of rotatable bonds is 6. The van der Waals surface area contributed by atoms with Crippen LogP contribution < -0.4 is 4.90 Å². The first-order chi connectivity index (χ1) is 10.3. The van der Waals surface area contributed by atoms with E-state index in [1.54, 1.807) is 23.1 Å². The van der Waals surface area contributed by atoms with Crippen molar-refractivity contribution in [3.8, 4) is 0 Å². The van der Waals surface area contributed by atoms with E-state index < -0.39 is 0 Å². The van der Waals surface area contributed by atoms with Crippen LogP contribution in [0.25, 0.3) is 0 Å². The maximum atomic E-state index is 12.5. The Hall–Kier alpha value is -2.14. The first-order valence-electron chi connectivity index (χ1n) is 7.07. The number of carbonyl (C=O) groups excluding carboxylic acids is 1. The van der Waals surface area contributed by atoms with E-state index >= 15 is 0 Å². The predicted molar refractivity (Wildman–Crippen MR) is 83.6 cm³/mol. The topological polar surface area (TPSA) is 45.7 Å². The first kappa shape index (κ1) is 15.3. The third-order valence-corrected chi connectivity index (χ3v) is 3.27. The fourth-order valence-corrected chi connectivity index (χ4v) is 2.22. The van der Waals surface area contributed by atoms with Crippen LogP contribution in [0.5, 0.6) is 0 Å². The summed E-state index contributed by atoms with van der Waals surface area (Å²) in [7, 11) is 0. The lowest BCUT2D eigenvalue weighted by Crippen LogP contribution is -2.37. The number of amides is 1. The van der Waals surface area contributed by atoms with Gasteiger partial charge >= 0.3 is 0 Å².